The summed E-state index contributed by atoms with van der Waals surface area (Å²) in [6.07, 6.45) is 8.32. The predicted molar refractivity (Wildman–Crippen MR) is 121 cm³/mol. The molecule has 5 N–H and O–H groups in total. The third kappa shape index (κ3) is 4.07. The molecule has 2 aromatic heterocycles. The Morgan fingerprint density at radius 1 is 1.06 bits per heavy atom. The largest absolute Gasteiger partial charge is 0.382 e. The normalized spacial score (nSPS) is 21.5. The van der Waals surface area contributed by atoms with E-state index in [1.165, 1.54) is 0 Å². The van der Waals surface area contributed by atoms with Crippen molar-refractivity contribution in [1.29, 1.82) is 0 Å². The average Bonchev–Trinajstić information content (AvgIpc) is 3.44. The molecule has 3 aromatic rings. The first-order valence-corrected chi connectivity index (χ1v) is 11.1. The summed E-state index contributed by atoms with van der Waals surface area (Å²) in [5.41, 5.74) is 16.3. The standard InChI is InChI=1S/C23H29N7O/c24-17-7-3-15(4-8-17)20-14-30-22(27-20)19(13-21(25)28-30)26-18-9-5-16(6-10-18)23(31)29-11-1-2-12-29/h5-6,9-10,13-15,17,26H,1-4,7-8,11-12,24H2,(H2,25,28)/t15-,17-. The van der Waals surface area contributed by atoms with Crippen LogP contribution in [0.2, 0.25) is 0 Å². The number of nitrogens with two attached hydrogens (primary N) is 2. The van der Waals surface area contributed by atoms with E-state index in [4.69, 9.17) is 16.5 Å². The van der Waals surface area contributed by atoms with E-state index in [0.29, 0.717) is 23.3 Å². The van der Waals surface area contributed by atoms with Gasteiger partial charge in [-0.2, -0.15) is 0 Å². The molecule has 0 radical (unpaired) electrons. The molecule has 1 aliphatic carbocycles. The lowest BCUT2D eigenvalue weighted by molar-refractivity contribution is 0.0793. The number of benzene rings is 1. The van der Waals surface area contributed by atoms with Gasteiger partial charge in [0.25, 0.3) is 5.91 Å². The van der Waals surface area contributed by atoms with Gasteiger partial charge in [-0.3, -0.25) is 4.79 Å². The number of likely N-dealkylation sites (tertiary alicyclic amines) is 1. The maximum Gasteiger partial charge on any atom is 0.253 e. The molecule has 0 unspecified atom stereocenters. The van der Waals surface area contributed by atoms with Gasteiger partial charge in [0.15, 0.2) is 5.65 Å². The van der Waals surface area contributed by atoms with E-state index in [9.17, 15) is 4.79 Å². The quantitative estimate of drug-likeness (QED) is 0.598. The summed E-state index contributed by atoms with van der Waals surface area (Å²) in [4.78, 5) is 19.4. The molecule has 3 heterocycles. The smallest absolute Gasteiger partial charge is 0.253 e. The number of imidazole rings is 1. The highest BCUT2D eigenvalue weighted by atomic mass is 16.2. The van der Waals surface area contributed by atoms with Crippen LogP contribution in [-0.2, 0) is 0 Å². The Labute approximate surface area is 181 Å². The highest BCUT2D eigenvalue weighted by Crippen LogP contribution is 2.33. The summed E-state index contributed by atoms with van der Waals surface area (Å²) in [6.45, 7) is 1.70. The number of fused-ring (bicyclic) bond motifs is 1. The zero-order valence-electron chi connectivity index (χ0n) is 17.6. The Hall–Kier alpha value is -3.13. The van der Waals surface area contributed by atoms with Crippen molar-refractivity contribution in [1.82, 2.24) is 19.5 Å². The van der Waals surface area contributed by atoms with Crippen molar-refractivity contribution in [3.05, 3.63) is 47.8 Å². The Bertz CT molecular complexity index is 1080. The van der Waals surface area contributed by atoms with E-state index in [2.05, 4.69) is 10.4 Å². The Morgan fingerprint density at radius 3 is 2.48 bits per heavy atom. The first-order chi connectivity index (χ1) is 15.1. The van der Waals surface area contributed by atoms with Crippen LogP contribution >= 0.6 is 0 Å². The number of anilines is 3. The Morgan fingerprint density at radius 2 is 1.77 bits per heavy atom. The summed E-state index contributed by atoms with van der Waals surface area (Å²) in [6, 6.07) is 9.68. The van der Waals surface area contributed by atoms with Gasteiger partial charge in [0, 0.05) is 42.4 Å². The minimum absolute atomic E-state index is 0.102. The lowest BCUT2D eigenvalue weighted by atomic mass is 9.85. The van der Waals surface area contributed by atoms with Gasteiger partial charge in [-0.05, 0) is 62.8 Å². The van der Waals surface area contributed by atoms with Crippen molar-refractivity contribution in [2.24, 2.45) is 5.73 Å². The zero-order valence-corrected chi connectivity index (χ0v) is 17.6. The second-order valence-corrected chi connectivity index (χ2v) is 8.73. The molecule has 8 heteroatoms. The molecule has 162 valence electrons. The van der Waals surface area contributed by atoms with E-state index in [0.717, 1.165) is 74.3 Å². The van der Waals surface area contributed by atoms with E-state index in [1.54, 1.807) is 10.6 Å². The maximum atomic E-state index is 12.6. The highest BCUT2D eigenvalue weighted by molar-refractivity contribution is 5.94. The number of hydrogen-bond donors (Lipinski definition) is 3. The van der Waals surface area contributed by atoms with E-state index in [-0.39, 0.29) is 5.91 Å². The van der Waals surface area contributed by atoms with Gasteiger partial charge < -0.3 is 21.7 Å². The number of hydrogen-bond acceptors (Lipinski definition) is 6. The predicted octanol–water partition coefficient (Wildman–Crippen LogP) is 3.28. The molecule has 0 atom stereocenters. The number of nitrogen functional groups attached to an aromatic ring is 1. The molecule has 8 nitrogen and oxygen atoms in total. The third-order valence-electron chi connectivity index (χ3n) is 6.46. The van der Waals surface area contributed by atoms with Crippen LogP contribution in [0.25, 0.3) is 5.65 Å². The van der Waals surface area contributed by atoms with Gasteiger partial charge in [0.2, 0.25) is 0 Å². The number of amides is 1. The van der Waals surface area contributed by atoms with Gasteiger partial charge in [0.1, 0.15) is 5.82 Å². The molecule has 1 aromatic carbocycles. The number of rotatable bonds is 4. The van der Waals surface area contributed by atoms with E-state index >= 15 is 0 Å². The number of nitrogens with one attached hydrogen (secondary N) is 1. The third-order valence-corrected chi connectivity index (χ3v) is 6.46. The number of aromatic nitrogens is 3. The fraction of sp³-hybridized carbons (Fsp3) is 0.435. The molecule has 1 amide bonds. The van der Waals surface area contributed by atoms with Gasteiger partial charge in [-0.25, -0.2) is 9.50 Å². The minimum atomic E-state index is 0.102. The van der Waals surface area contributed by atoms with Crippen LogP contribution in [0.1, 0.15) is 60.5 Å². The van der Waals surface area contributed by atoms with Crippen LogP contribution in [0.15, 0.2) is 36.5 Å². The summed E-state index contributed by atoms with van der Waals surface area (Å²) >= 11 is 0. The lowest BCUT2D eigenvalue weighted by Gasteiger charge is -2.24. The van der Waals surface area contributed by atoms with Crippen molar-refractivity contribution >= 4 is 28.7 Å². The van der Waals surface area contributed by atoms with Crippen molar-refractivity contribution in [2.75, 3.05) is 24.1 Å². The average molecular weight is 420 g/mol. The Balaban J connectivity index is 1.37. The lowest BCUT2D eigenvalue weighted by Crippen LogP contribution is -2.27. The summed E-state index contributed by atoms with van der Waals surface area (Å²) in [5, 5.41) is 7.81. The Kier molecular flexibility index (Phi) is 5.23. The molecule has 5 rings (SSSR count). The molecule has 31 heavy (non-hydrogen) atoms. The second-order valence-electron chi connectivity index (χ2n) is 8.73. The molecule has 0 spiro atoms. The fourth-order valence-electron chi connectivity index (χ4n) is 4.67. The van der Waals surface area contributed by atoms with Crippen LogP contribution in [0.5, 0.6) is 0 Å². The zero-order chi connectivity index (χ0) is 21.4. The summed E-state index contributed by atoms with van der Waals surface area (Å²) < 4.78 is 1.76. The molecular formula is C23H29N7O. The van der Waals surface area contributed by atoms with E-state index < -0.39 is 0 Å². The van der Waals surface area contributed by atoms with Gasteiger partial charge >= 0.3 is 0 Å². The van der Waals surface area contributed by atoms with Crippen molar-refractivity contribution < 1.29 is 4.79 Å². The summed E-state index contributed by atoms with van der Waals surface area (Å²) in [5.74, 6) is 0.932. The second kappa shape index (κ2) is 8.19. The summed E-state index contributed by atoms with van der Waals surface area (Å²) in [7, 11) is 0. The molecule has 1 saturated heterocycles. The maximum absolute atomic E-state index is 12.6. The number of nitrogens with zero attached hydrogens (tertiary/aromatic N) is 4. The van der Waals surface area contributed by atoms with Crippen LogP contribution in [0, 0.1) is 0 Å². The van der Waals surface area contributed by atoms with Gasteiger partial charge in [0.05, 0.1) is 17.6 Å². The first-order valence-electron chi connectivity index (χ1n) is 11.1. The van der Waals surface area contributed by atoms with Crippen LogP contribution in [0.4, 0.5) is 17.2 Å². The van der Waals surface area contributed by atoms with Crippen LogP contribution in [0.3, 0.4) is 0 Å². The molecule has 0 bridgehead atoms. The van der Waals surface area contributed by atoms with Gasteiger partial charge in [-0.1, -0.05) is 0 Å². The van der Waals surface area contributed by atoms with Crippen molar-refractivity contribution in [2.45, 2.75) is 50.5 Å². The minimum Gasteiger partial charge on any atom is -0.382 e. The number of carbonyl (C=O) groups is 1. The van der Waals surface area contributed by atoms with Gasteiger partial charge in [-0.15, -0.1) is 5.10 Å². The van der Waals surface area contributed by atoms with Crippen LogP contribution < -0.4 is 16.8 Å². The van der Waals surface area contributed by atoms with Crippen molar-refractivity contribution in [3.8, 4) is 0 Å². The monoisotopic (exact) mass is 419 g/mol. The molecule has 1 aliphatic heterocycles. The molecular weight excluding hydrogens is 390 g/mol. The topological polar surface area (TPSA) is 115 Å². The first kappa shape index (κ1) is 19.8. The van der Waals surface area contributed by atoms with Crippen LogP contribution in [-0.4, -0.2) is 44.5 Å². The molecule has 2 aliphatic rings. The fourth-order valence-corrected chi connectivity index (χ4v) is 4.67. The SMILES string of the molecule is Nc1cc(Nc2ccc(C(=O)N3CCCC3)cc2)c2nc([C@H]3CC[C@H](N)CC3)cn2n1. The number of carbonyl (C=O) groups excluding carboxylic acids is 1. The van der Waals surface area contributed by atoms with Crippen molar-refractivity contribution in [3.63, 3.8) is 0 Å². The molecule has 2 fully saturated rings. The van der Waals surface area contributed by atoms with E-state index in [1.807, 2.05) is 35.4 Å². The highest BCUT2D eigenvalue weighted by Gasteiger charge is 2.23. The molecule has 1 saturated carbocycles.